The minimum atomic E-state index is -0.111. The fourth-order valence-electron chi connectivity index (χ4n) is 2.67. The molecule has 2 aromatic carbocycles. The summed E-state index contributed by atoms with van der Waals surface area (Å²) >= 11 is 2.27. The third-order valence-electron chi connectivity index (χ3n) is 4.11. The number of phenolic OH excluding ortho intramolecular Hbond substituents is 1. The largest absolute Gasteiger partial charge is 0.508 e. The molecule has 0 spiro atoms. The highest BCUT2D eigenvalue weighted by Crippen LogP contribution is 2.22. The number of amidine groups is 1. The van der Waals surface area contributed by atoms with Gasteiger partial charge in [-0.25, -0.2) is 4.99 Å². The number of phenols is 1. The number of aliphatic imine (C=N–C) groups is 1. The Morgan fingerprint density at radius 1 is 1.12 bits per heavy atom. The van der Waals surface area contributed by atoms with Gasteiger partial charge in [0.05, 0.1) is 0 Å². The second-order valence-corrected chi connectivity index (χ2v) is 7.23. The van der Waals surface area contributed by atoms with Gasteiger partial charge in [0, 0.05) is 10.1 Å². The molecule has 26 heavy (non-hydrogen) atoms. The van der Waals surface area contributed by atoms with E-state index in [2.05, 4.69) is 27.6 Å². The molecule has 0 saturated heterocycles. The molecule has 1 heterocycles. The Labute approximate surface area is 166 Å². The van der Waals surface area contributed by atoms with E-state index < -0.39 is 0 Å². The molecule has 3 rings (SSSR count). The highest BCUT2D eigenvalue weighted by atomic mass is 127. The second kappa shape index (κ2) is 7.86. The summed E-state index contributed by atoms with van der Waals surface area (Å²) in [6.45, 7) is 4.31. The molecule has 0 atom stereocenters. The number of aryl methyl sites for hydroxylation is 1. The molecule has 1 aliphatic heterocycles. The topological polar surface area (TPSA) is 52.9 Å². The summed E-state index contributed by atoms with van der Waals surface area (Å²) in [7, 11) is 0. The van der Waals surface area contributed by atoms with Crippen LogP contribution in [0, 0.1) is 10.5 Å². The zero-order chi connectivity index (χ0) is 18.7. The minimum Gasteiger partial charge on any atom is -0.508 e. The van der Waals surface area contributed by atoms with Gasteiger partial charge in [-0.2, -0.15) is 0 Å². The number of hydrogen-bond donors (Lipinski definition) is 1. The van der Waals surface area contributed by atoms with Gasteiger partial charge >= 0.3 is 0 Å². The Morgan fingerprint density at radius 2 is 1.81 bits per heavy atom. The molecule has 2 aromatic rings. The maximum Gasteiger partial charge on any atom is 0.278 e. The van der Waals surface area contributed by atoms with Crippen LogP contribution in [0.15, 0.2) is 59.2 Å². The zero-order valence-corrected chi connectivity index (χ0v) is 16.8. The van der Waals surface area contributed by atoms with Crippen LogP contribution in [-0.4, -0.2) is 28.3 Å². The quantitative estimate of drug-likeness (QED) is 0.537. The summed E-state index contributed by atoms with van der Waals surface area (Å²) in [5.74, 6) is 0.767. The number of halogens is 1. The third-order valence-corrected chi connectivity index (χ3v) is 4.83. The van der Waals surface area contributed by atoms with E-state index in [4.69, 9.17) is 0 Å². The third kappa shape index (κ3) is 4.04. The van der Waals surface area contributed by atoms with E-state index in [0.717, 1.165) is 16.7 Å². The van der Waals surface area contributed by atoms with Crippen LogP contribution < -0.4 is 0 Å². The van der Waals surface area contributed by atoms with E-state index in [-0.39, 0.29) is 11.7 Å². The Bertz CT molecular complexity index is 928. The summed E-state index contributed by atoms with van der Waals surface area (Å²) in [4.78, 5) is 18.8. The average Bonchev–Trinajstić information content (AvgIpc) is 2.92. The lowest BCUT2D eigenvalue weighted by molar-refractivity contribution is -0.122. The van der Waals surface area contributed by atoms with Crippen LogP contribution in [0.5, 0.6) is 5.75 Å². The van der Waals surface area contributed by atoms with Crippen molar-refractivity contribution in [2.24, 2.45) is 4.99 Å². The van der Waals surface area contributed by atoms with Gasteiger partial charge in [0.2, 0.25) is 0 Å². The molecule has 0 aromatic heterocycles. The molecule has 0 saturated carbocycles. The summed E-state index contributed by atoms with van der Waals surface area (Å²) in [5, 5.41) is 9.64. The molecule has 1 amide bonds. The van der Waals surface area contributed by atoms with Crippen molar-refractivity contribution in [2.45, 2.75) is 13.8 Å². The molecular weight excluding hydrogens is 439 g/mol. The molecule has 0 unspecified atom stereocenters. The summed E-state index contributed by atoms with van der Waals surface area (Å²) in [5.41, 5.74) is 3.06. The van der Waals surface area contributed by atoms with Gasteiger partial charge in [0.25, 0.3) is 5.91 Å². The number of rotatable bonds is 4. The van der Waals surface area contributed by atoms with Crippen molar-refractivity contribution >= 4 is 46.5 Å². The van der Waals surface area contributed by atoms with Crippen LogP contribution >= 0.6 is 22.6 Å². The molecule has 0 aliphatic carbocycles. The molecule has 132 valence electrons. The average molecular weight is 458 g/mol. The van der Waals surface area contributed by atoms with Crippen molar-refractivity contribution in [1.82, 2.24) is 4.90 Å². The molecule has 0 bridgehead atoms. The molecule has 0 radical (unpaired) electrons. The maximum absolute atomic E-state index is 12.6. The van der Waals surface area contributed by atoms with Crippen molar-refractivity contribution in [3.8, 4) is 5.75 Å². The second-order valence-electron chi connectivity index (χ2n) is 5.98. The monoisotopic (exact) mass is 458 g/mol. The van der Waals surface area contributed by atoms with E-state index in [1.807, 2.05) is 56.3 Å². The van der Waals surface area contributed by atoms with Crippen LogP contribution in [0.4, 0.5) is 0 Å². The lowest BCUT2D eigenvalue weighted by atomic mass is 10.1. The van der Waals surface area contributed by atoms with Crippen molar-refractivity contribution < 1.29 is 9.90 Å². The smallest absolute Gasteiger partial charge is 0.278 e. The lowest BCUT2D eigenvalue weighted by Crippen LogP contribution is -2.30. The van der Waals surface area contributed by atoms with Gasteiger partial charge in [-0.15, -0.1) is 0 Å². The van der Waals surface area contributed by atoms with Crippen LogP contribution in [0.1, 0.15) is 23.6 Å². The van der Waals surface area contributed by atoms with Crippen molar-refractivity contribution in [2.75, 3.05) is 6.54 Å². The predicted molar refractivity (Wildman–Crippen MR) is 114 cm³/mol. The number of carbonyl (C=O) groups is 1. The van der Waals surface area contributed by atoms with Crippen LogP contribution in [0.25, 0.3) is 12.2 Å². The van der Waals surface area contributed by atoms with Crippen molar-refractivity contribution in [3.05, 3.63) is 74.5 Å². The molecule has 1 aliphatic rings. The summed E-state index contributed by atoms with van der Waals surface area (Å²) < 4.78 is 1.18. The molecule has 1 N–H and O–H groups in total. The number of aromatic hydroxyl groups is 1. The van der Waals surface area contributed by atoms with Gasteiger partial charge < -0.3 is 5.11 Å². The first-order chi connectivity index (χ1) is 12.5. The number of hydrogen-bond acceptors (Lipinski definition) is 3. The first-order valence-corrected chi connectivity index (χ1v) is 9.41. The molecular formula is C21H19IN2O2. The first kappa shape index (κ1) is 18.4. The Hall–Kier alpha value is -2.41. The van der Waals surface area contributed by atoms with Gasteiger partial charge in [0.1, 0.15) is 17.3 Å². The lowest BCUT2D eigenvalue weighted by Gasteiger charge is -2.12. The van der Waals surface area contributed by atoms with Crippen molar-refractivity contribution in [1.29, 1.82) is 0 Å². The van der Waals surface area contributed by atoms with Crippen LogP contribution in [0.2, 0.25) is 0 Å². The Morgan fingerprint density at radius 3 is 2.46 bits per heavy atom. The molecule has 4 nitrogen and oxygen atoms in total. The fraction of sp³-hybridized carbons (Fsp3) is 0.143. The van der Waals surface area contributed by atoms with E-state index >= 15 is 0 Å². The maximum atomic E-state index is 12.6. The number of likely N-dealkylation sites (N-methyl/N-ethyl adjacent to an activating group) is 1. The van der Waals surface area contributed by atoms with Crippen LogP contribution in [-0.2, 0) is 4.79 Å². The normalized spacial score (nSPS) is 16.0. The highest BCUT2D eigenvalue weighted by molar-refractivity contribution is 14.1. The van der Waals surface area contributed by atoms with E-state index in [9.17, 15) is 9.90 Å². The molecule has 0 fully saturated rings. The summed E-state index contributed by atoms with van der Waals surface area (Å²) in [6.07, 6.45) is 5.58. The standard InChI is InChI=1S/C21H19IN2O2/c1-3-24-20(11-7-15-4-8-17(22)9-5-15)23-18(21(24)26)13-16-6-10-19(25)14(2)12-16/h4-13,25H,3H2,1-2H3/b11-7+,18-13-. The van der Waals surface area contributed by atoms with Crippen molar-refractivity contribution in [3.63, 3.8) is 0 Å². The predicted octanol–water partition coefficient (Wildman–Crippen LogP) is 4.62. The minimum absolute atomic E-state index is 0.111. The molecule has 5 heteroatoms. The Kier molecular flexibility index (Phi) is 5.56. The first-order valence-electron chi connectivity index (χ1n) is 8.33. The fourth-order valence-corrected chi connectivity index (χ4v) is 3.03. The SMILES string of the molecule is CCN1C(=O)/C(=C/c2ccc(O)c(C)c2)N=C1/C=C/c1ccc(I)cc1. The number of nitrogens with zero attached hydrogens (tertiary/aromatic N) is 2. The number of amides is 1. The van der Waals surface area contributed by atoms with Crippen LogP contribution in [0.3, 0.4) is 0 Å². The van der Waals surface area contributed by atoms with Gasteiger partial charge in [-0.05, 0) is 89.5 Å². The highest BCUT2D eigenvalue weighted by Gasteiger charge is 2.27. The van der Waals surface area contributed by atoms with E-state index in [0.29, 0.717) is 18.1 Å². The van der Waals surface area contributed by atoms with E-state index in [1.54, 1.807) is 23.1 Å². The van der Waals surface area contributed by atoms with Gasteiger partial charge in [-0.3, -0.25) is 9.69 Å². The number of benzene rings is 2. The number of carbonyl (C=O) groups excluding carboxylic acids is 1. The Balaban J connectivity index is 1.90. The summed E-state index contributed by atoms with van der Waals surface area (Å²) in [6, 6.07) is 13.4. The van der Waals surface area contributed by atoms with E-state index in [1.165, 1.54) is 3.57 Å². The van der Waals surface area contributed by atoms with Gasteiger partial charge in [-0.1, -0.05) is 24.3 Å². The zero-order valence-electron chi connectivity index (χ0n) is 14.6. The van der Waals surface area contributed by atoms with Gasteiger partial charge in [0.15, 0.2) is 0 Å².